The Morgan fingerprint density at radius 2 is 1.87 bits per heavy atom. The minimum Gasteiger partial charge on any atom is -0.183 e. The molecule has 0 aliphatic carbocycles. The van der Waals surface area contributed by atoms with Gasteiger partial charge in [-0.3, -0.25) is 0 Å². The quantitative estimate of drug-likeness (QED) is 0.544. The molecule has 2 heteroatoms. The average molecular weight is 286 g/mol. The van der Waals surface area contributed by atoms with Crippen molar-refractivity contribution in [3.63, 3.8) is 0 Å². The van der Waals surface area contributed by atoms with E-state index in [1.807, 2.05) is 17.4 Å². The van der Waals surface area contributed by atoms with Crippen molar-refractivity contribution in [1.29, 1.82) is 0 Å². The maximum atomic E-state index is 3.14. The third kappa shape index (κ3) is 1.89. The van der Waals surface area contributed by atoms with Crippen molar-refractivity contribution in [2.24, 2.45) is 0 Å². The normalized spacial score (nSPS) is 10.5. The first-order valence-electron chi connectivity index (χ1n) is 4.63. The van der Waals surface area contributed by atoms with Crippen molar-refractivity contribution < 1.29 is 32.7 Å². The van der Waals surface area contributed by atoms with Crippen LogP contribution in [0.5, 0.6) is 0 Å². The third-order valence-corrected chi connectivity index (χ3v) is 3.62. The van der Waals surface area contributed by atoms with Crippen LogP contribution < -0.4 is 0 Å². The molecule has 3 rings (SSSR count). The minimum atomic E-state index is 0. The summed E-state index contributed by atoms with van der Waals surface area (Å²) in [5, 5.41) is 2.69. The molecule has 15 heavy (non-hydrogen) atoms. The molecule has 2 aromatic carbocycles. The molecular weight excluding hydrogens is 277 g/mol. The Morgan fingerprint density at radius 1 is 1.07 bits per heavy atom. The first-order valence-corrected chi connectivity index (χ1v) is 5.45. The van der Waals surface area contributed by atoms with Gasteiger partial charge in [0.15, 0.2) is 0 Å². The molecule has 3 aromatic rings. The van der Waals surface area contributed by atoms with Gasteiger partial charge in [-0.05, 0) is 13.0 Å². The number of hydrogen-bond donors (Lipinski definition) is 0. The zero-order valence-corrected chi connectivity index (χ0v) is 12.1. The van der Waals surface area contributed by atoms with Crippen LogP contribution >= 0.6 is 11.3 Å². The van der Waals surface area contributed by atoms with Crippen LogP contribution in [-0.2, 0) is 32.7 Å². The van der Waals surface area contributed by atoms with Crippen molar-refractivity contribution in [2.45, 2.75) is 6.92 Å². The van der Waals surface area contributed by atoms with E-state index in [-0.39, 0.29) is 32.7 Å². The Morgan fingerprint density at radius 3 is 2.73 bits per heavy atom. The molecule has 0 bridgehead atoms. The molecule has 0 saturated heterocycles. The van der Waals surface area contributed by atoms with Crippen LogP contribution in [0, 0.1) is 13.0 Å². The summed E-state index contributed by atoms with van der Waals surface area (Å²) in [6.07, 6.45) is 0. The second kappa shape index (κ2) is 4.33. The molecule has 0 aliphatic rings. The summed E-state index contributed by atoms with van der Waals surface area (Å²) in [6, 6.07) is 16.0. The minimum absolute atomic E-state index is 0. The van der Waals surface area contributed by atoms with Crippen molar-refractivity contribution in [1.82, 2.24) is 0 Å². The Kier molecular flexibility index (Phi) is 3.25. The molecule has 71 valence electrons. The molecule has 0 unspecified atom stereocenters. The summed E-state index contributed by atoms with van der Waals surface area (Å²) in [4.78, 5) is 0. The van der Waals surface area contributed by atoms with Crippen molar-refractivity contribution in [3.05, 3.63) is 48.0 Å². The standard InChI is InChI=1S/C13H9S.Y/c1-9-6-7-13-11(8-9)10-4-2-3-5-12(10)14-13;/h3-8H,1H3;/q-1;. The third-order valence-electron chi connectivity index (χ3n) is 2.47. The zero-order valence-electron chi connectivity index (χ0n) is 8.45. The van der Waals surface area contributed by atoms with E-state index in [4.69, 9.17) is 0 Å². The van der Waals surface area contributed by atoms with Gasteiger partial charge in [0.2, 0.25) is 0 Å². The van der Waals surface area contributed by atoms with E-state index in [0.717, 1.165) is 0 Å². The first kappa shape index (κ1) is 11.3. The van der Waals surface area contributed by atoms with Gasteiger partial charge in [0.05, 0.1) is 0 Å². The van der Waals surface area contributed by atoms with Gasteiger partial charge in [-0.1, -0.05) is 27.8 Å². The molecule has 1 radical (unpaired) electrons. The van der Waals surface area contributed by atoms with Crippen LogP contribution in [0.3, 0.4) is 0 Å². The predicted octanol–water partition coefficient (Wildman–Crippen LogP) is 4.16. The number of aryl methyl sites for hydroxylation is 1. The topological polar surface area (TPSA) is 0 Å². The van der Waals surface area contributed by atoms with Crippen LogP contribution in [0.1, 0.15) is 5.56 Å². The smallest absolute Gasteiger partial charge is 0.0211 e. The molecule has 0 atom stereocenters. The van der Waals surface area contributed by atoms with E-state index < -0.39 is 0 Å². The van der Waals surface area contributed by atoms with Crippen LogP contribution in [0.4, 0.5) is 0 Å². The van der Waals surface area contributed by atoms with Crippen LogP contribution in [0.25, 0.3) is 20.2 Å². The number of hydrogen-bond acceptors (Lipinski definition) is 1. The summed E-state index contributed by atoms with van der Waals surface area (Å²) in [5.41, 5.74) is 1.32. The van der Waals surface area contributed by atoms with E-state index in [1.54, 1.807) is 0 Å². The Balaban J connectivity index is 0.000000853. The summed E-state index contributed by atoms with van der Waals surface area (Å²) >= 11 is 1.85. The maximum absolute atomic E-state index is 3.14. The summed E-state index contributed by atoms with van der Waals surface area (Å²) in [7, 11) is 0. The fourth-order valence-corrected chi connectivity index (χ4v) is 2.84. The van der Waals surface area contributed by atoms with Crippen molar-refractivity contribution in [2.75, 3.05) is 0 Å². The molecule has 0 amide bonds. The second-order valence-electron chi connectivity index (χ2n) is 3.52. The predicted molar refractivity (Wildman–Crippen MR) is 62.9 cm³/mol. The van der Waals surface area contributed by atoms with Gasteiger partial charge in [-0.2, -0.15) is 35.6 Å². The van der Waals surface area contributed by atoms with E-state index in [1.165, 1.54) is 25.7 Å². The summed E-state index contributed by atoms with van der Waals surface area (Å²) in [5.74, 6) is 0. The molecular formula is C13H9SY-. The summed E-state index contributed by atoms with van der Waals surface area (Å²) in [6.45, 7) is 2.13. The number of thiophene rings is 1. The van der Waals surface area contributed by atoms with Gasteiger partial charge in [0, 0.05) is 37.4 Å². The van der Waals surface area contributed by atoms with Crippen molar-refractivity contribution >= 4 is 31.5 Å². The van der Waals surface area contributed by atoms with Gasteiger partial charge in [-0.15, -0.1) is 5.39 Å². The fourth-order valence-electron chi connectivity index (χ4n) is 1.78. The molecule has 0 N–H and O–H groups in total. The Labute approximate surface area is 118 Å². The van der Waals surface area contributed by atoms with Crippen LogP contribution in [0.15, 0.2) is 36.4 Å². The first-order chi connectivity index (χ1) is 6.84. The second-order valence-corrected chi connectivity index (χ2v) is 4.61. The van der Waals surface area contributed by atoms with Crippen LogP contribution in [-0.4, -0.2) is 0 Å². The van der Waals surface area contributed by atoms with Gasteiger partial charge in [0.1, 0.15) is 0 Å². The van der Waals surface area contributed by atoms with E-state index in [0.29, 0.717) is 0 Å². The molecule has 0 saturated carbocycles. The van der Waals surface area contributed by atoms with E-state index in [9.17, 15) is 0 Å². The fraction of sp³-hybridized carbons (Fsp3) is 0.0769. The number of rotatable bonds is 0. The largest absolute Gasteiger partial charge is 0.183 e. The van der Waals surface area contributed by atoms with E-state index in [2.05, 4.69) is 43.3 Å². The van der Waals surface area contributed by atoms with Gasteiger partial charge in [-0.25, -0.2) is 0 Å². The van der Waals surface area contributed by atoms with Gasteiger partial charge >= 0.3 is 0 Å². The number of fused-ring (bicyclic) bond motifs is 3. The molecule has 0 spiro atoms. The summed E-state index contributed by atoms with van der Waals surface area (Å²) < 4.78 is 2.72. The zero-order chi connectivity index (χ0) is 9.54. The Bertz CT molecular complexity index is 610. The molecule has 0 nitrogen and oxygen atoms in total. The van der Waals surface area contributed by atoms with Gasteiger partial charge in [0.25, 0.3) is 0 Å². The monoisotopic (exact) mass is 286 g/mol. The molecule has 0 fully saturated rings. The van der Waals surface area contributed by atoms with E-state index >= 15 is 0 Å². The molecule has 1 heterocycles. The number of benzene rings is 2. The van der Waals surface area contributed by atoms with Crippen LogP contribution in [0.2, 0.25) is 0 Å². The molecule has 0 aliphatic heterocycles. The molecule has 1 aromatic heterocycles. The Hall–Kier alpha value is -0.236. The van der Waals surface area contributed by atoms with Crippen molar-refractivity contribution in [3.8, 4) is 0 Å². The maximum Gasteiger partial charge on any atom is 0.0211 e. The average Bonchev–Trinajstić information content (AvgIpc) is 2.56. The SMILES string of the molecule is Cc1ccc2sc3cc[c-]cc3c2c1.[Y]. The van der Waals surface area contributed by atoms with Gasteiger partial charge < -0.3 is 0 Å².